The predicted octanol–water partition coefficient (Wildman–Crippen LogP) is 3.35. The highest BCUT2D eigenvalue weighted by Gasteiger charge is 2.13. The largest absolute Gasteiger partial charge is 0.387 e. The van der Waals surface area contributed by atoms with Crippen LogP contribution in [0.2, 0.25) is 0 Å². The molecule has 2 atom stereocenters. The maximum absolute atomic E-state index is 13.5. The molecule has 0 aliphatic rings. The fraction of sp³-hybridized carbons (Fsp3) is 0.250. The molecule has 0 saturated carbocycles. The van der Waals surface area contributed by atoms with Gasteiger partial charge in [0.2, 0.25) is 0 Å². The molecule has 0 heterocycles. The van der Waals surface area contributed by atoms with E-state index in [-0.39, 0.29) is 24.0 Å². The van der Waals surface area contributed by atoms with Crippen molar-refractivity contribution in [3.8, 4) is 0 Å². The zero-order valence-corrected chi connectivity index (χ0v) is 11.2. The molecule has 1 unspecified atom stereocenters. The van der Waals surface area contributed by atoms with Crippen LogP contribution in [0, 0.1) is 11.6 Å². The second kappa shape index (κ2) is 6.59. The minimum atomic E-state index is -0.918. The highest BCUT2D eigenvalue weighted by molar-refractivity contribution is 5.21. The second-order valence-electron chi connectivity index (χ2n) is 4.72. The quantitative estimate of drug-likeness (QED) is 0.878. The van der Waals surface area contributed by atoms with Crippen molar-refractivity contribution in [1.82, 2.24) is 5.32 Å². The first-order valence-corrected chi connectivity index (χ1v) is 6.49. The summed E-state index contributed by atoms with van der Waals surface area (Å²) in [6.45, 7) is 2.13. The lowest BCUT2D eigenvalue weighted by molar-refractivity contribution is 0.166. The molecule has 0 radical (unpaired) electrons. The number of aliphatic hydroxyl groups is 1. The molecule has 0 bridgehead atoms. The topological polar surface area (TPSA) is 32.3 Å². The molecule has 2 aromatic rings. The summed E-state index contributed by atoms with van der Waals surface area (Å²) in [5, 5.41) is 13.1. The smallest absolute Gasteiger partial charge is 0.129 e. The van der Waals surface area contributed by atoms with Crippen molar-refractivity contribution in [1.29, 1.82) is 0 Å². The Kier molecular flexibility index (Phi) is 4.82. The first kappa shape index (κ1) is 14.6. The van der Waals surface area contributed by atoms with Gasteiger partial charge in [-0.1, -0.05) is 30.3 Å². The number of rotatable bonds is 5. The molecule has 0 saturated heterocycles. The van der Waals surface area contributed by atoms with Crippen LogP contribution in [0.15, 0.2) is 48.5 Å². The molecule has 0 aromatic heterocycles. The van der Waals surface area contributed by atoms with E-state index in [4.69, 9.17) is 0 Å². The zero-order chi connectivity index (χ0) is 14.5. The monoisotopic (exact) mass is 277 g/mol. The summed E-state index contributed by atoms with van der Waals surface area (Å²) < 4.78 is 26.3. The van der Waals surface area contributed by atoms with Crippen LogP contribution in [-0.2, 0) is 0 Å². The van der Waals surface area contributed by atoms with Crippen LogP contribution in [0.4, 0.5) is 8.78 Å². The van der Waals surface area contributed by atoms with Gasteiger partial charge in [-0.2, -0.15) is 0 Å². The molecule has 2 N–H and O–H groups in total. The van der Waals surface area contributed by atoms with Crippen molar-refractivity contribution < 1.29 is 13.9 Å². The number of nitrogens with one attached hydrogen (secondary N) is 1. The molecule has 0 amide bonds. The van der Waals surface area contributed by atoms with Gasteiger partial charge in [-0.3, -0.25) is 0 Å². The number of benzene rings is 2. The van der Waals surface area contributed by atoms with E-state index in [0.717, 1.165) is 5.56 Å². The number of halogens is 2. The van der Waals surface area contributed by atoms with Crippen LogP contribution in [0.3, 0.4) is 0 Å². The summed E-state index contributed by atoms with van der Waals surface area (Å²) in [6, 6.07) is 12.2. The Labute approximate surface area is 117 Å². The predicted molar refractivity (Wildman–Crippen MR) is 74.2 cm³/mol. The Morgan fingerprint density at radius 3 is 2.35 bits per heavy atom. The third kappa shape index (κ3) is 3.62. The maximum Gasteiger partial charge on any atom is 0.129 e. The molecule has 106 valence electrons. The van der Waals surface area contributed by atoms with Crippen LogP contribution >= 0.6 is 0 Å². The summed E-state index contributed by atoms with van der Waals surface area (Å²) in [5.41, 5.74) is 1.18. The minimum absolute atomic E-state index is 0.0583. The molecule has 0 spiro atoms. The standard InChI is InChI=1S/C16H17F2NO/c1-11(12-6-8-13(17)9-7-12)19-10-16(20)14-4-2-3-5-15(14)18/h2-9,11,16,19-20H,10H2,1H3/t11-,16?/m0/s1. The fourth-order valence-corrected chi connectivity index (χ4v) is 2.01. The first-order valence-electron chi connectivity index (χ1n) is 6.49. The normalized spacial score (nSPS) is 14.0. The summed E-state index contributed by atoms with van der Waals surface area (Å²) >= 11 is 0. The highest BCUT2D eigenvalue weighted by Crippen LogP contribution is 2.18. The van der Waals surface area contributed by atoms with E-state index in [1.165, 1.54) is 18.2 Å². The van der Waals surface area contributed by atoms with Gasteiger partial charge in [0.05, 0.1) is 6.10 Å². The molecular weight excluding hydrogens is 260 g/mol. The second-order valence-corrected chi connectivity index (χ2v) is 4.72. The van der Waals surface area contributed by atoms with E-state index >= 15 is 0 Å². The average Bonchev–Trinajstić information content (AvgIpc) is 2.45. The van der Waals surface area contributed by atoms with Gasteiger partial charge in [0.25, 0.3) is 0 Å². The number of aliphatic hydroxyl groups excluding tert-OH is 1. The number of hydrogen-bond acceptors (Lipinski definition) is 2. The molecule has 2 rings (SSSR count). The van der Waals surface area contributed by atoms with Crippen molar-refractivity contribution in [2.24, 2.45) is 0 Å². The summed E-state index contributed by atoms with van der Waals surface area (Å²) in [5.74, 6) is -0.705. The summed E-state index contributed by atoms with van der Waals surface area (Å²) in [7, 11) is 0. The van der Waals surface area contributed by atoms with Gasteiger partial charge in [-0.05, 0) is 30.7 Å². The van der Waals surface area contributed by atoms with Gasteiger partial charge in [-0.25, -0.2) is 8.78 Å². The van der Waals surface area contributed by atoms with Crippen LogP contribution in [0.1, 0.15) is 30.2 Å². The number of hydrogen-bond donors (Lipinski definition) is 2. The van der Waals surface area contributed by atoms with Gasteiger partial charge in [0.1, 0.15) is 11.6 Å². The lowest BCUT2D eigenvalue weighted by atomic mass is 10.1. The van der Waals surface area contributed by atoms with Crippen molar-refractivity contribution >= 4 is 0 Å². The average molecular weight is 277 g/mol. The summed E-state index contributed by atoms with van der Waals surface area (Å²) in [4.78, 5) is 0. The Morgan fingerprint density at radius 2 is 1.70 bits per heavy atom. The SMILES string of the molecule is C[C@H](NCC(O)c1ccccc1F)c1ccc(F)cc1. The van der Waals surface area contributed by atoms with Gasteiger partial charge in [0, 0.05) is 18.2 Å². The van der Waals surface area contributed by atoms with E-state index in [0.29, 0.717) is 0 Å². The molecule has 0 aliphatic heterocycles. The maximum atomic E-state index is 13.5. The van der Waals surface area contributed by atoms with E-state index < -0.39 is 11.9 Å². The molecule has 0 aliphatic carbocycles. The third-order valence-corrected chi connectivity index (χ3v) is 3.25. The Hall–Kier alpha value is -1.78. The van der Waals surface area contributed by atoms with Crippen LogP contribution in [0.5, 0.6) is 0 Å². The fourth-order valence-electron chi connectivity index (χ4n) is 2.01. The molecular formula is C16H17F2NO. The first-order chi connectivity index (χ1) is 9.58. The highest BCUT2D eigenvalue weighted by atomic mass is 19.1. The van der Waals surface area contributed by atoms with Gasteiger partial charge < -0.3 is 10.4 Å². The zero-order valence-electron chi connectivity index (χ0n) is 11.2. The van der Waals surface area contributed by atoms with Gasteiger partial charge in [-0.15, -0.1) is 0 Å². The molecule has 2 nitrogen and oxygen atoms in total. The van der Waals surface area contributed by atoms with Crippen molar-refractivity contribution in [3.05, 3.63) is 71.3 Å². The summed E-state index contributed by atoms with van der Waals surface area (Å²) in [6.07, 6.45) is -0.918. The van der Waals surface area contributed by atoms with Crippen LogP contribution in [-0.4, -0.2) is 11.7 Å². The van der Waals surface area contributed by atoms with Crippen molar-refractivity contribution in [2.45, 2.75) is 19.1 Å². The van der Waals surface area contributed by atoms with Crippen molar-refractivity contribution in [2.75, 3.05) is 6.54 Å². The minimum Gasteiger partial charge on any atom is -0.387 e. The molecule has 4 heteroatoms. The van der Waals surface area contributed by atoms with Crippen molar-refractivity contribution in [3.63, 3.8) is 0 Å². The molecule has 2 aromatic carbocycles. The molecule has 0 fully saturated rings. The Bertz CT molecular complexity index is 557. The van der Waals surface area contributed by atoms with E-state index in [1.807, 2.05) is 6.92 Å². The van der Waals surface area contributed by atoms with Gasteiger partial charge >= 0.3 is 0 Å². The van der Waals surface area contributed by atoms with E-state index in [2.05, 4.69) is 5.32 Å². The van der Waals surface area contributed by atoms with Crippen LogP contribution < -0.4 is 5.32 Å². The third-order valence-electron chi connectivity index (χ3n) is 3.25. The van der Waals surface area contributed by atoms with Crippen LogP contribution in [0.25, 0.3) is 0 Å². The molecule has 20 heavy (non-hydrogen) atoms. The Balaban J connectivity index is 1.95. The van der Waals surface area contributed by atoms with E-state index in [1.54, 1.807) is 30.3 Å². The lowest BCUT2D eigenvalue weighted by Gasteiger charge is -2.18. The van der Waals surface area contributed by atoms with Gasteiger partial charge in [0.15, 0.2) is 0 Å². The van der Waals surface area contributed by atoms with E-state index in [9.17, 15) is 13.9 Å². The lowest BCUT2D eigenvalue weighted by Crippen LogP contribution is -2.25. The Morgan fingerprint density at radius 1 is 1.05 bits per heavy atom.